The standard InChI is InChI=1S/C20H23N3O5S/c1-20(2,3)28-19(25)16-14-9-10-22(4)11-15(14)29-18(16)21-17(24)12-5-7-13(8-6-12)23(26)27/h5-8H,9-11H2,1-4H3,(H,21,24). The average Bonchev–Trinajstić information content (AvgIpc) is 2.97. The Morgan fingerprint density at radius 2 is 1.90 bits per heavy atom. The predicted molar refractivity (Wildman–Crippen MR) is 111 cm³/mol. The van der Waals surface area contributed by atoms with E-state index in [4.69, 9.17) is 4.74 Å². The summed E-state index contributed by atoms with van der Waals surface area (Å²) in [7, 11) is 2.00. The summed E-state index contributed by atoms with van der Waals surface area (Å²) in [5.41, 5.74) is 0.848. The lowest BCUT2D eigenvalue weighted by Crippen LogP contribution is -2.28. The van der Waals surface area contributed by atoms with Gasteiger partial charge in [0.1, 0.15) is 10.6 Å². The Bertz CT molecular complexity index is 960. The molecule has 0 bridgehead atoms. The molecular formula is C20H23N3O5S. The number of thiophene rings is 1. The molecule has 0 atom stereocenters. The summed E-state index contributed by atoms with van der Waals surface area (Å²) in [6.07, 6.45) is 0.699. The predicted octanol–water partition coefficient (Wildman–Crippen LogP) is 3.85. The highest BCUT2D eigenvalue weighted by atomic mass is 32.1. The Kier molecular flexibility index (Phi) is 5.72. The van der Waals surface area contributed by atoms with Crippen molar-refractivity contribution in [2.45, 2.75) is 39.3 Å². The highest BCUT2D eigenvalue weighted by Gasteiger charge is 2.31. The third kappa shape index (κ3) is 4.80. The van der Waals surface area contributed by atoms with Crippen LogP contribution in [0.25, 0.3) is 0 Å². The first-order valence-electron chi connectivity index (χ1n) is 9.17. The fourth-order valence-electron chi connectivity index (χ4n) is 3.07. The van der Waals surface area contributed by atoms with Crippen LogP contribution in [0.2, 0.25) is 0 Å². The van der Waals surface area contributed by atoms with E-state index in [2.05, 4.69) is 10.2 Å². The summed E-state index contributed by atoms with van der Waals surface area (Å²) in [5, 5.41) is 14.0. The van der Waals surface area contributed by atoms with Crippen LogP contribution in [-0.2, 0) is 17.7 Å². The van der Waals surface area contributed by atoms with E-state index in [9.17, 15) is 19.7 Å². The number of anilines is 1. The van der Waals surface area contributed by atoms with Gasteiger partial charge in [-0.05, 0) is 51.9 Å². The number of non-ortho nitro benzene ring substituents is 1. The second-order valence-electron chi connectivity index (χ2n) is 7.96. The lowest BCUT2D eigenvalue weighted by atomic mass is 10.0. The molecule has 0 aliphatic carbocycles. The smallest absolute Gasteiger partial charge is 0.341 e. The van der Waals surface area contributed by atoms with Gasteiger partial charge in [-0.15, -0.1) is 11.3 Å². The molecule has 0 saturated heterocycles. The molecule has 9 heteroatoms. The third-order valence-electron chi connectivity index (χ3n) is 4.42. The van der Waals surface area contributed by atoms with E-state index in [1.165, 1.54) is 35.6 Å². The van der Waals surface area contributed by atoms with Crippen molar-refractivity contribution < 1.29 is 19.2 Å². The molecule has 0 radical (unpaired) electrons. The molecule has 29 heavy (non-hydrogen) atoms. The average molecular weight is 417 g/mol. The molecule has 1 aromatic heterocycles. The molecule has 2 aromatic rings. The lowest BCUT2D eigenvalue weighted by molar-refractivity contribution is -0.384. The number of rotatable bonds is 4. The Balaban J connectivity index is 1.92. The van der Waals surface area contributed by atoms with Crippen molar-refractivity contribution in [1.82, 2.24) is 4.90 Å². The largest absolute Gasteiger partial charge is 0.456 e. The number of fused-ring (bicyclic) bond motifs is 1. The summed E-state index contributed by atoms with van der Waals surface area (Å²) in [5.74, 6) is -0.893. The minimum atomic E-state index is -0.656. The maximum absolute atomic E-state index is 12.9. The van der Waals surface area contributed by atoms with E-state index in [-0.39, 0.29) is 11.3 Å². The van der Waals surface area contributed by atoms with Crippen molar-refractivity contribution in [2.75, 3.05) is 18.9 Å². The van der Waals surface area contributed by atoms with Crippen LogP contribution in [0.1, 0.15) is 51.9 Å². The van der Waals surface area contributed by atoms with E-state index in [1.54, 1.807) is 20.8 Å². The molecule has 1 aliphatic rings. The van der Waals surface area contributed by atoms with Gasteiger partial charge >= 0.3 is 5.97 Å². The first kappa shape index (κ1) is 20.9. The number of nitro groups is 1. The molecule has 8 nitrogen and oxygen atoms in total. The van der Waals surface area contributed by atoms with E-state index < -0.39 is 22.4 Å². The molecule has 154 valence electrons. The number of carbonyl (C=O) groups excluding carboxylic acids is 2. The molecule has 3 rings (SSSR count). The molecular weight excluding hydrogens is 394 g/mol. The van der Waals surface area contributed by atoms with Gasteiger partial charge in [0.15, 0.2) is 0 Å². The summed E-state index contributed by atoms with van der Waals surface area (Å²) in [4.78, 5) is 39.0. The minimum absolute atomic E-state index is 0.0920. The van der Waals surface area contributed by atoms with Gasteiger partial charge in [-0.3, -0.25) is 14.9 Å². The fraction of sp³-hybridized carbons (Fsp3) is 0.400. The number of amides is 1. The maximum Gasteiger partial charge on any atom is 0.341 e. The second-order valence-corrected chi connectivity index (χ2v) is 9.06. The van der Waals surface area contributed by atoms with Gasteiger partial charge in [-0.1, -0.05) is 0 Å². The summed E-state index contributed by atoms with van der Waals surface area (Å²) < 4.78 is 5.57. The Morgan fingerprint density at radius 1 is 1.24 bits per heavy atom. The molecule has 1 aromatic carbocycles. The number of likely N-dealkylation sites (N-methyl/N-ethyl adjacent to an activating group) is 1. The van der Waals surface area contributed by atoms with Gasteiger partial charge in [0.05, 0.1) is 10.5 Å². The number of carbonyl (C=O) groups is 2. The number of hydrogen-bond donors (Lipinski definition) is 1. The fourth-order valence-corrected chi connectivity index (χ4v) is 4.39. The van der Waals surface area contributed by atoms with Crippen LogP contribution in [0, 0.1) is 10.1 Å². The van der Waals surface area contributed by atoms with E-state index in [1.807, 2.05) is 7.05 Å². The quantitative estimate of drug-likeness (QED) is 0.461. The van der Waals surface area contributed by atoms with Crippen LogP contribution in [0.15, 0.2) is 24.3 Å². The normalized spacial score (nSPS) is 14.2. The Labute approximate surface area is 172 Å². The van der Waals surface area contributed by atoms with E-state index in [0.717, 1.165) is 17.0 Å². The Morgan fingerprint density at radius 3 is 2.48 bits per heavy atom. The monoisotopic (exact) mass is 417 g/mol. The first-order chi connectivity index (χ1) is 13.5. The van der Waals surface area contributed by atoms with Crippen molar-refractivity contribution in [3.8, 4) is 0 Å². The van der Waals surface area contributed by atoms with Gasteiger partial charge in [-0.2, -0.15) is 0 Å². The minimum Gasteiger partial charge on any atom is -0.456 e. The maximum atomic E-state index is 12.9. The summed E-state index contributed by atoms with van der Waals surface area (Å²) in [6.45, 7) is 6.91. The van der Waals surface area contributed by atoms with Crippen molar-refractivity contribution in [1.29, 1.82) is 0 Å². The molecule has 0 spiro atoms. The third-order valence-corrected chi connectivity index (χ3v) is 5.55. The van der Waals surface area contributed by atoms with Crippen molar-refractivity contribution in [2.24, 2.45) is 0 Å². The van der Waals surface area contributed by atoms with Gasteiger partial charge in [0, 0.05) is 35.7 Å². The lowest BCUT2D eigenvalue weighted by Gasteiger charge is -2.24. The molecule has 0 saturated carbocycles. The molecule has 1 N–H and O–H groups in total. The topological polar surface area (TPSA) is 102 Å². The van der Waals surface area contributed by atoms with Gasteiger partial charge in [-0.25, -0.2) is 4.79 Å². The second kappa shape index (κ2) is 7.92. The number of ether oxygens (including phenoxy) is 1. The van der Waals surface area contributed by atoms with Crippen molar-refractivity contribution >= 4 is 33.9 Å². The summed E-state index contributed by atoms with van der Waals surface area (Å²) >= 11 is 1.37. The molecule has 1 aliphatic heterocycles. The number of nitrogens with one attached hydrogen (secondary N) is 1. The molecule has 2 heterocycles. The zero-order chi connectivity index (χ0) is 21.3. The zero-order valence-corrected chi connectivity index (χ0v) is 17.6. The highest BCUT2D eigenvalue weighted by molar-refractivity contribution is 7.17. The van der Waals surface area contributed by atoms with Crippen molar-refractivity contribution in [3.63, 3.8) is 0 Å². The summed E-state index contributed by atoms with van der Waals surface area (Å²) in [6, 6.07) is 5.33. The van der Waals surface area contributed by atoms with Crippen LogP contribution in [0.3, 0.4) is 0 Å². The molecule has 0 unspecified atom stereocenters. The number of nitro benzene ring substituents is 1. The van der Waals surface area contributed by atoms with Crippen molar-refractivity contribution in [3.05, 3.63) is 55.9 Å². The first-order valence-corrected chi connectivity index (χ1v) is 9.99. The molecule has 0 fully saturated rings. The van der Waals surface area contributed by atoms with Gasteiger partial charge in [0.25, 0.3) is 11.6 Å². The highest BCUT2D eigenvalue weighted by Crippen LogP contribution is 2.38. The van der Waals surface area contributed by atoms with Crippen LogP contribution in [-0.4, -0.2) is 40.9 Å². The van der Waals surface area contributed by atoms with E-state index >= 15 is 0 Å². The number of esters is 1. The molecule has 1 amide bonds. The van der Waals surface area contributed by atoms with Crippen LogP contribution in [0.5, 0.6) is 0 Å². The van der Waals surface area contributed by atoms with Gasteiger partial charge in [0.2, 0.25) is 0 Å². The van der Waals surface area contributed by atoms with Crippen LogP contribution < -0.4 is 5.32 Å². The van der Waals surface area contributed by atoms with Gasteiger partial charge < -0.3 is 15.0 Å². The SMILES string of the molecule is CN1CCc2c(sc(NC(=O)c3ccc([N+](=O)[O-])cc3)c2C(=O)OC(C)(C)C)C1. The Hall–Kier alpha value is -2.78. The van der Waals surface area contributed by atoms with E-state index in [0.29, 0.717) is 23.5 Å². The number of benzene rings is 1. The van der Waals surface area contributed by atoms with Crippen LogP contribution >= 0.6 is 11.3 Å². The number of hydrogen-bond acceptors (Lipinski definition) is 7. The zero-order valence-electron chi connectivity index (χ0n) is 16.8. The van der Waals surface area contributed by atoms with Crippen LogP contribution in [0.4, 0.5) is 10.7 Å². The number of nitrogens with zero attached hydrogens (tertiary/aromatic N) is 2.